The molecule has 0 atom stereocenters. The largest absolute Gasteiger partial charge is 0.331 e. The summed E-state index contributed by atoms with van der Waals surface area (Å²) in [5.74, 6) is -0.168. The predicted octanol–water partition coefficient (Wildman–Crippen LogP) is 4.56. The molecule has 0 spiro atoms. The van der Waals surface area contributed by atoms with Crippen LogP contribution in [0.1, 0.15) is 31.7 Å². The topological polar surface area (TPSA) is 20.7 Å². The number of benzene rings is 1. The number of rotatable bonds is 1. The van der Waals surface area contributed by atoms with E-state index in [2.05, 4.69) is 9.55 Å². The van der Waals surface area contributed by atoms with Crippen molar-refractivity contribution in [3.8, 4) is 0 Å². The number of aromatic amines is 1. The van der Waals surface area contributed by atoms with Crippen LogP contribution in [-0.2, 0) is 0 Å². The number of aromatic nitrogens is 2. The van der Waals surface area contributed by atoms with E-state index in [9.17, 15) is 4.39 Å². The smallest absolute Gasteiger partial charge is 0.178 e. The average molecular weight is 362 g/mol. The van der Waals surface area contributed by atoms with E-state index in [-0.39, 0.29) is 5.82 Å². The lowest BCUT2D eigenvalue weighted by Crippen LogP contribution is -2.04. The van der Waals surface area contributed by atoms with Crippen molar-refractivity contribution in [2.45, 2.75) is 31.7 Å². The van der Waals surface area contributed by atoms with Crippen LogP contribution in [-0.4, -0.2) is 9.55 Å². The SMILES string of the molecule is Fc1cc2c(cc1I)[nH]c(=S)n2C1CCCC1. The summed E-state index contributed by atoms with van der Waals surface area (Å²) < 4.78 is 17.1. The van der Waals surface area contributed by atoms with Crippen molar-refractivity contribution in [1.82, 2.24) is 9.55 Å². The van der Waals surface area contributed by atoms with E-state index in [0.717, 1.165) is 23.9 Å². The lowest BCUT2D eigenvalue weighted by molar-refractivity contribution is 0.525. The molecular formula is C12H12FIN2S. The second-order valence-electron chi connectivity index (χ2n) is 4.52. The fourth-order valence-corrected chi connectivity index (χ4v) is 3.47. The number of nitrogens with one attached hydrogen (secondary N) is 1. The molecule has 1 fully saturated rings. The lowest BCUT2D eigenvalue weighted by Gasteiger charge is -2.12. The molecule has 1 aliphatic carbocycles. The summed E-state index contributed by atoms with van der Waals surface area (Å²) >= 11 is 7.36. The average Bonchev–Trinajstić information content (AvgIpc) is 2.86. The van der Waals surface area contributed by atoms with Gasteiger partial charge in [0.1, 0.15) is 5.82 Å². The van der Waals surface area contributed by atoms with Crippen LogP contribution in [0.4, 0.5) is 4.39 Å². The number of imidazole rings is 1. The summed E-state index contributed by atoms with van der Waals surface area (Å²) in [6.45, 7) is 0. The van der Waals surface area contributed by atoms with E-state index in [0.29, 0.717) is 14.4 Å². The van der Waals surface area contributed by atoms with Crippen LogP contribution in [0.15, 0.2) is 12.1 Å². The first kappa shape index (κ1) is 11.6. The van der Waals surface area contributed by atoms with Gasteiger partial charge in [-0.3, -0.25) is 0 Å². The zero-order chi connectivity index (χ0) is 12.0. The van der Waals surface area contributed by atoms with Crippen LogP contribution in [0.3, 0.4) is 0 Å². The summed E-state index contributed by atoms with van der Waals surface area (Å²) in [5, 5.41) is 0. The standard InChI is InChI=1S/C12H12FIN2S/c13-8-5-11-10(6-9(8)14)15-12(17)16(11)7-3-1-2-4-7/h5-7H,1-4H2,(H,15,17). The molecule has 0 amide bonds. The summed E-state index contributed by atoms with van der Waals surface area (Å²) in [7, 11) is 0. The van der Waals surface area contributed by atoms with Crippen LogP contribution >= 0.6 is 34.8 Å². The number of H-pyrrole nitrogens is 1. The highest BCUT2D eigenvalue weighted by molar-refractivity contribution is 14.1. The molecular weight excluding hydrogens is 350 g/mol. The highest BCUT2D eigenvalue weighted by atomic mass is 127. The van der Waals surface area contributed by atoms with Crippen LogP contribution in [0, 0.1) is 14.2 Å². The Hall–Kier alpha value is -0.430. The van der Waals surface area contributed by atoms with Gasteiger partial charge in [0.05, 0.1) is 14.6 Å². The van der Waals surface area contributed by atoms with Crippen molar-refractivity contribution in [2.75, 3.05) is 0 Å². The van der Waals surface area contributed by atoms with E-state index < -0.39 is 0 Å². The fraction of sp³-hybridized carbons (Fsp3) is 0.417. The molecule has 2 aromatic rings. The van der Waals surface area contributed by atoms with Crippen molar-refractivity contribution >= 4 is 45.8 Å². The second kappa shape index (κ2) is 4.35. The molecule has 2 nitrogen and oxygen atoms in total. The second-order valence-corrected chi connectivity index (χ2v) is 6.07. The van der Waals surface area contributed by atoms with Gasteiger partial charge >= 0.3 is 0 Å². The minimum Gasteiger partial charge on any atom is -0.331 e. The van der Waals surface area contributed by atoms with Crippen LogP contribution in [0.5, 0.6) is 0 Å². The van der Waals surface area contributed by atoms with Gasteiger partial charge in [-0.2, -0.15) is 0 Å². The monoisotopic (exact) mass is 362 g/mol. The summed E-state index contributed by atoms with van der Waals surface area (Å²) in [6.07, 6.45) is 4.78. The summed E-state index contributed by atoms with van der Waals surface area (Å²) in [4.78, 5) is 3.18. The Morgan fingerprint density at radius 1 is 1.35 bits per heavy atom. The Morgan fingerprint density at radius 3 is 2.76 bits per heavy atom. The Balaban J connectivity index is 2.26. The first-order chi connectivity index (χ1) is 8.16. The van der Waals surface area contributed by atoms with Crippen LogP contribution in [0.25, 0.3) is 11.0 Å². The number of hydrogen-bond acceptors (Lipinski definition) is 1. The van der Waals surface area contributed by atoms with Crippen molar-refractivity contribution in [2.24, 2.45) is 0 Å². The van der Waals surface area contributed by atoms with Gasteiger partial charge in [-0.25, -0.2) is 4.39 Å². The number of fused-ring (bicyclic) bond motifs is 1. The van der Waals surface area contributed by atoms with Gasteiger partial charge in [0.2, 0.25) is 0 Å². The van der Waals surface area contributed by atoms with Crippen molar-refractivity contribution in [3.05, 3.63) is 26.3 Å². The van der Waals surface area contributed by atoms with E-state index in [1.54, 1.807) is 6.07 Å². The van der Waals surface area contributed by atoms with Gasteiger partial charge in [-0.05, 0) is 53.7 Å². The molecule has 0 saturated heterocycles. The first-order valence-corrected chi connectivity index (χ1v) is 7.25. The highest BCUT2D eigenvalue weighted by Crippen LogP contribution is 2.33. The Bertz CT molecular complexity index is 625. The van der Waals surface area contributed by atoms with Gasteiger partial charge in [0.25, 0.3) is 0 Å². The Morgan fingerprint density at radius 2 is 2.06 bits per heavy atom. The van der Waals surface area contributed by atoms with Gasteiger partial charge in [-0.15, -0.1) is 0 Å². The molecule has 0 unspecified atom stereocenters. The molecule has 1 heterocycles. The maximum atomic E-state index is 13.7. The summed E-state index contributed by atoms with van der Waals surface area (Å²) in [5.41, 5.74) is 1.84. The minimum absolute atomic E-state index is 0.168. The number of halogens is 2. The molecule has 1 aliphatic rings. The quantitative estimate of drug-likeness (QED) is 0.583. The molecule has 1 N–H and O–H groups in total. The van der Waals surface area contributed by atoms with E-state index in [4.69, 9.17) is 12.2 Å². The molecule has 17 heavy (non-hydrogen) atoms. The zero-order valence-corrected chi connectivity index (χ0v) is 12.1. The zero-order valence-electron chi connectivity index (χ0n) is 9.17. The molecule has 0 radical (unpaired) electrons. The van der Waals surface area contributed by atoms with E-state index >= 15 is 0 Å². The van der Waals surface area contributed by atoms with Gasteiger partial charge in [0.15, 0.2) is 4.77 Å². The maximum Gasteiger partial charge on any atom is 0.178 e. The third-order valence-electron chi connectivity index (χ3n) is 3.45. The van der Waals surface area contributed by atoms with Crippen molar-refractivity contribution < 1.29 is 4.39 Å². The lowest BCUT2D eigenvalue weighted by atomic mass is 10.2. The van der Waals surface area contributed by atoms with E-state index in [1.165, 1.54) is 12.8 Å². The molecule has 0 bridgehead atoms. The third kappa shape index (κ3) is 1.93. The van der Waals surface area contributed by atoms with Crippen LogP contribution < -0.4 is 0 Å². The molecule has 0 aliphatic heterocycles. The maximum absolute atomic E-state index is 13.7. The predicted molar refractivity (Wildman–Crippen MR) is 77.3 cm³/mol. The molecule has 90 valence electrons. The third-order valence-corrected chi connectivity index (χ3v) is 4.57. The minimum atomic E-state index is -0.168. The molecule has 1 aromatic heterocycles. The van der Waals surface area contributed by atoms with Gasteiger partial charge in [-0.1, -0.05) is 12.8 Å². The molecule has 1 saturated carbocycles. The molecule has 1 aromatic carbocycles. The number of hydrogen-bond donors (Lipinski definition) is 1. The van der Waals surface area contributed by atoms with Gasteiger partial charge in [0, 0.05) is 12.1 Å². The number of nitrogens with zero attached hydrogens (tertiary/aromatic N) is 1. The Labute approximate surface area is 117 Å². The first-order valence-electron chi connectivity index (χ1n) is 5.76. The van der Waals surface area contributed by atoms with E-state index in [1.807, 2.05) is 28.7 Å². The Kier molecular flexibility index (Phi) is 2.98. The molecule has 3 rings (SSSR count). The molecule has 5 heteroatoms. The fourth-order valence-electron chi connectivity index (χ4n) is 2.65. The van der Waals surface area contributed by atoms with Crippen LogP contribution in [0.2, 0.25) is 0 Å². The highest BCUT2D eigenvalue weighted by Gasteiger charge is 2.20. The van der Waals surface area contributed by atoms with Crippen molar-refractivity contribution in [3.63, 3.8) is 0 Å². The summed E-state index contributed by atoms with van der Waals surface area (Å²) in [6, 6.07) is 3.87. The van der Waals surface area contributed by atoms with Crippen molar-refractivity contribution in [1.29, 1.82) is 0 Å². The normalized spacial score (nSPS) is 17.1. The van der Waals surface area contributed by atoms with Gasteiger partial charge < -0.3 is 9.55 Å².